The lowest BCUT2D eigenvalue weighted by atomic mass is 10.1. The minimum atomic E-state index is -3.21. The van der Waals surface area contributed by atoms with Crippen LogP contribution in [0, 0.1) is 0 Å². The van der Waals surface area contributed by atoms with Gasteiger partial charge < -0.3 is 16.2 Å². The SMILES string of the molecule is CC(C)(SCC(=O)NC1CS(=O)(=O)CC1Cl)[C@@H](N)C(=O)O. The highest BCUT2D eigenvalue weighted by atomic mass is 35.5. The lowest BCUT2D eigenvalue weighted by Crippen LogP contribution is -2.48. The molecule has 1 aliphatic rings. The summed E-state index contributed by atoms with van der Waals surface area (Å²) in [6, 6.07) is -1.72. The van der Waals surface area contributed by atoms with Crippen molar-refractivity contribution >= 4 is 45.1 Å². The van der Waals surface area contributed by atoms with Crippen LogP contribution in [0.25, 0.3) is 0 Å². The maximum absolute atomic E-state index is 11.8. The van der Waals surface area contributed by atoms with Gasteiger partial charge in [0.15, 0.2) is 9.84 Å². The van der Waals surface area contributed by atoms with Crippen molar-refractivity contribution in [1.29, 1.82) is 0 Å². The average Bonchev–Trinajstić information content (AvgIpc) is 2.58. The van der Waals surface area contributed by atoms with Crippen LogP contribution in [-0.4, -0.2) is 64.9 Å². The van der Waals surface area contributed by atoms with Gasteiger partial charge in [-0.25, -0.2) is 8.42 Å². The molecule has 3 atom stereocenters. The second-order valence-corrected chi connectivity index (χ2v) is 9.82. The molecule has 122 valence electrons. The maximum atomic E-state index is 11.8. The van der Waals surface area contributed by atoms with Crippen LogP contribution in [0.3, 0.4) is 0 Å². The van der Waals surface area contributed by atoms with E-state index in [2.05, 4.69) is 5.32 Å². The number of carbonyl (C=O) groups is 2. The van der Waals surface area contributed by atoms with Crippen LogP contribution in [0.1, 0.15) is 13.8 Å². The first-order chi connectivity index (χ1) is 9.44. The molecule has 4 N–H and O–H groups in total. The number of alkyl halides is 1. The Hall–Kier alpha value is -0.510. The molecule has 2 unspecified atom stereocenters. The van der Waals surface area contributed by atoms with E-state index in [0.717, 1.165) is 11.8 Å². The number of nitrogens with one attached hydrogen (secondary N) is 1. The van der Waals surface area contributed by atoms with E-state index in [1.165, 1.54) is 0 Å². The number of rotatable bonds is 6. The van der Waals surface area contributed by atoms with Crippen molar-refractivity contribution in [3.63, 3.8) is 0 Å². The van der Waals surface area contributed by atoms with E-state index in [9.17, 15) is 18.0 Å². The Balaban J connectivity index is 2.50. The molecule has 0 aromatic carbocycles. The number of aliphatic carboxylic acids is 1. The molecule has 1 saturated heterocycles. The molecule has 0 aromatic rings. The molecule has 0 aliphatic carbocycles. The van der Waals surface area contributed by atoms with Gasteiger partial charge in [0.2, 0.25) is 5.91 Å². The Morgan fingerprint density at radius 1 is 1.48 bits per heavy atom. The van der Waals surface area contributed by atoms with Crippen LogP contribution in [0.2, 0.25) is 0 Å². The third kappa shape index (κ3) is 5.32. The molecular weight excluding hydrogens is 340 g/mol. The number of carboxylic acid groups (broad SMARTS) is 1. The Labute approximate surface area is 132 Å². The van der Waals surface area contributed by atoms with Crippen LogP contribution in [0.15, 0.2) is 0 Å². The van der Waals surface area contributed by atoms with Crippen LogP contribution < -0.4 is 11.1 Å². The number of nitrogens with two attached hydrogens (primary N) is 1. The molecule has 1 amide bonds. The number of thioether (sulfide) groups is 1. The van der Waals surface area contributed by atoms with Crippen molar-refractivity contribution in [3.05, 3.63) is 0 Å². The average molecular weight is 359 g/mol. The summed E-state index contributed by atoms with van der Waals surface area (Å²) in [6.07, 6.45) is 0. The van der Waals surface area contributed by atoms with Crippen molar-refractivity contribution in [2.75, 3.05) is 17.3 Å². The van der Waals surface area contributed by atoms with Gasteiger partial charge in [-0.2, -0.15) is 0 Å². The molecule has 7 nitrogen and oxygen atoms in total. The fourth-order valence-corrected chi connectivity index (χ4v) is 5.24. The summed E-state index contributed by atoms with van der Waals surface area (Å²) in [5, 5.41) is 10.8. The van der Waals surface area contributed by atoms with Gasteiger partial charge in [0.25, 0.3) is 0 Å². The van der Waals surface area contributed by atoms with Crippen LogP contribution >= 0.6 is 23.4 Å². The predicted octanol–water partition coefficient (Wildman–Crippen LogP) is -0.569. The first kappa shape index (κ1) is 18.5. The molecule has 1 aliphatic heterocycles. The molecule has 10 heteroatoms. The fraction of sp³-hybridized carbons (Fsp3) is 0.818. The van der Waals surface area contributed by atoms with Gasteiger partial charge >= 0.3 is 5.97 Å². The summed E-state index contributed by atoms with van der Waals surface area (Å²) < 4.78 is 22.0. The second kappa shape index (κ2) is 6.72. The lowest BCUT2D eigenvalue weighted by Gasteiger charge is -2.28. The van der Waals surface area contributed by atoms with Gasteiger partial charge in [0, 0.05) is 4.75 Å². The van der Waals surface area contributed by atoms with E-state index in [0.29, 0.717) is 0 Å². The van der Waals surface area contributed by atoms with E-state index >= 15 is 0 Å². The smallest absolute Gasteiger partial charge is 0.321 e. The molecule has 1 rings (SSSR count). The number of halogens is 1. The van der Waals surface area contributed by atoms with Gasteiger partial charge in [-0.1, -0.05) is 0 Å². The van der Waals surface area contributed by atoms with Crippen molar-refractivity contribution in [2.45, 2.75) is 36.1 Å². The monoisotopic (exact) mass is 358 g/mol. The van der Waals surface area contributed by atoms with E-state index in [1.54, 1.807) is 13.8 Å². The van der Waals surface area contributed by atoms with Crippen molar-refractivity contribution in [3.8, 4) is 0 Å². The molecule has 0 saturated carbocycles. The third-order valence-corrected chi connectivity index (χ3v) is 7.00. The Morgan fingerprint density at radius 3 is 2.48 bits per heavy atom. The highest BCUT2D eigenvalue weighted by Crippen LogP contribution is 2.27. The molecule has 1 heterocycles. The molecule has 1 fully saturated rings. The minimum absolute atomic E-state index is 0.0197. The van der Waals surface area contributed by atoms with Crippen molar-refractivity contribution in [2.24, 2.45) is 5.73 Å². The number of sulfone groups is 1. The van der Waals surface area contributed by atoms with Gasteiger partial charge in [0.1, 0.15) is 6.04 Å². The quantitative estimate of drug-likeness (QED) is 0.542. The first-order valence-electron chi connectivity index (χ1n) is 6.21. The fourth-order valence-electron chi connectivity index (χ4n) is 1.82. The van der Waals surface area contributed by atoms with E-state index in [4.69, 9.17) is 22.4 Å². The number of carbonyl (C=O) groups excluding carboxylic acids is 1. The summed E-state index contributed by atoms with van der Waals surface area (Å²) in [5.74, 6) is -1.87. The standard InChI is InChI=1S/C11H19ClN2O5S2/c1-11(2,9(13)10(16)17)20-3-8(15)14-7-5-21(18,19)4-6(7)12/h6-7,9H,3-5,13H2,1-2H3,(H,14,15)(H,16,17)/t6?,7?,9-/m0/s1. The Morgan fingerprint density at radius 2 is 2.05 bits per heavy atom. The van der Waals surface area contributed by atoms with Crippen LogP contribution in [-0.2, 0) is 19.4 Å². The molecule has 0 bridgehead atoms. The van der Waals surface area contributed by atoms with Gasteiger partial charge in [-0.3, -0.25) is 9.59 Å². The zero-order valence-electron chi connectivity index (χ0n) is 11.7. The zero-order valence-corrected chi connectivity index (χ0v) is 14.1. The first-order valence-corrected chi connectivity index (χ1v) is 9.45. The van der Waals surface area contributed by atoms with Gasteiger partial charge in [0.05, 0.1) is 28.7 Å². The summed E-state index contributed by atoms with van der Waals surface area (Å²) in [5.41, 5.74) is 5.55. The highest BCUT2D eigenvalue weighted by molar-refractivity contribution is 8.01. The second-order valence-electron chi connectivity index (χ2n) is 5.47. The van der Waals surface area contributed by atoms with E-state index < -0.39 is 43.9 Å². The minimum Gasteiger partial charge on any atom is -0.480 e. The van der Waals surface area contributed by atoms with Crippen LogP contribution in [0.4, 0.5) is 0 Å². The number of carboxylic acids is 1. The molecule has 0 aromatic heterocycles. The highest BCUT2D eigenvalue weighted by Gasteiger charge is 2.38. The van der Waals surface area contributed by atoms with Crippen LogP contribution in [0.5, 0.6) is 0 Å². The summed E-state index contributed by atoms with van der Waals surface area (Å²) in [7, 11) is -3.21. The zero-order chi connectivity index (χ0) is 16.4. The Bertz CT molecular complexity index is 523. The van der Waals surface area contributed by atoms with Gasteiger partial charge in [-0.15, -0.1) is 23.4 Å². The lowest BCUT2D eigenvalue weighted by molar-refractivity contribution is -0.139. The largest absolute Gasteiger partial charge is 0.480 e. The molecule has 0 spiro atoms. The molecule has 0 radical (unpaired) electrons. The van der Waals surface area contributed by atoms with Gasteiger partial charge in [-0.05, 0) is 13.8 Å². The predicted molar refractivity (Wildman–Crippen MR) is 82.4 cm³/mol. The molecule has 21 heavy (non-hydrogen) atoms. The number of hydrogen-bond donors (Lipinski definition) is 3. The summed E-state index contributed by atoms with van der Waals surface area (Å²) in [6.45, 7) is 3.27. The maximum Gasteiger partial charge on any atom is 0.321 e. The number of amides is 1. The number of hydrogen-bond acceptors (Lipinski definition) is 6. The topological polar surface area (TPSA) is 127 Å². The van der Waals surface area contributed by atoms with Crippen molar-refractivity contribution in [1.82, 2.24) is 5.32 Å². The summed E-state index contributed by atoms with van der Waals surface area (Å²) in [4.78, 5) is 22.7. The normalized spacial score (nSPS) is 26.3. The Kier molecular flexibility index (Phi) is 5.93. The third-order valence-electron chi connectivity index (χ3n) is 3.22. The van der Waals surface area contributed by atoms with E-state index in [-0.39, 0.29) is 17.3 Å². The van der Waals surface area contributed by atoms with Crippen molar-refractivity contribution < 1.29 is 23.1 Å². The summed E-state index contributed by atoms with van der Waals surface area (Å²) >= 11 is 6.99. The van der Waals surface area contributed by atoms with E-state index in [1.807, 2.05) is 0 Å². The molecular formula is C11H19ClN2O5S2.